The molecule has 1 N–H and O–H groups in total. The number of sulfone groups is 1. The highest BCUT2D eigenvalue weighted by atomic mass is 32.2. The number of fused-ring (bicyclic) bond motifs is 1. The molecule has 0 aliphatic heterocycles. The second kappa shape index (κ2) is 6.57. The van der Waals surface area contributed by atoms with Gasteiger partial charge in [0, 0.05) is 0 Å². The SMILES string of the molecule is O=C(Nc1nc2cncnc2s1)c1c(F)ccc(S(=O)(=O)CC2CC2)c1F. The lowest BCUT2D eigenvalue weighted by atomic mass is 10.2. The maximum absolute atomic E-state index is 14.7. The van der Waals surface area contributed by atoms with Crippen molar-refractivity contribution in [3.05, 3.63) is 41.9 Å². The Morgan fingerprint density at radius 2 is 2.07 bits per heavy atom. The third-order valence-corrected chi connectivity index (χ3v) is 6.85. The normalized spacial score (nSPS) is 14.4. The first-order valence-corrected chi connectivity index (χ1v) is 10.4. The summed E-state index contributed by atoms with van der Waals surface area (Å²) in [4.78, 5) is 24.0. The maximum atomic E-state index is 14.7. The van der Waals surface area contributed by atoms with Gasteiger partial charge in [-0.3, -0.25) is 10.1 Å². The van der Waals surface area contributed by atoms with E-state index in [1.165, 1.54) is 12.5 Å². The van der Waals surface area contributed by atoms with Gasteiger partial charge in [0.1, 0.15) is 33.0 Å². The van der Waals surface area contributed by atoms with Crippen LogP contribution >= 0.6 is 11.3 Å². The highest BCUT2D eigenvalue weighted by Gasteiger charge is 2.33. The number of nitrogens with zero attached hydrogens (tertiary/aromatic N) is 3. The summed E-state index contributed by atoms with van der Waals surface area (Å²) < 4.78 is 53.5. The Bertz CT molecular complexity index is 1130. The largest absolute Gasteiger partial charge is 0.298 e. The standard InChI is InChI=1S/C16H12F2N4O3S2/c17-9-3-4-11(27(24,25)6-8-1-2-8)13(18)12(9)14(23)22-16-21-10-5-19-7-20-15(10)26-16/h3-5,7-8H,1-2,6H2,(H,21,22,23). The summed E-state index contributed by atoms with van der Waals surface area (Å²) >= 11 is 1.00. The van der Waals surface area contributed by atoms with E-state index in [9.17, 15) is 22.0 Å². The van der Waals surface area contributed by atoms with E-state index >= 15 is 0 Å². The van der Waals surface area contributed by atoms with Gasteiger partial charge in [-0.1, -0.05) is 11.3 Å². The van der Waals surface area contributed by atoms with Gasteiger partial charge in [0.25, 0.3) is 5.91 Å². The minimum atomic E-state index is -3.95. The topological polar surface area (TPSA) is 102 Å². The summed E-state index contributed by atoms with van der Waals surface area (Å²) in [5.41, 5.74) is -0.545. The summed E-state index contributed by atoms with van der Waals surface area (Å²) in [6, 6.07) is 1.63. The van der Waals surface area contributed by atoms with Crippen molar-refractivity contribution >= 4 is 42.6 Å². The Morgan fingerprint density at radius 1 is 1.30 bits per heavy atom. The fourth-order valence-electron chi connectivity index (χ4n) is 2.57. The molecule has 1 aromatic carbocycles. The molecule has 0 spiro atoms. The van der Waals surface area contributed by atoms with E-state index < -0.39 is 37.8 Å². The molecule has 1 fully saturated rings. The molecule has 27 heavy (non-hydrogen) atoms. The lowest BCUT2D eigenvalue weighted by Crippen LogP contribution is -2.19. The first kappa shape index (κ1) is 17.9. The van der Waals surface area contributed by atoms with Crippen LogP contribution in [0.2, 0.25) is 0 Å². The Balaban J connectivity index is 1.67. The Hall–Kier alpha value is -2.53. The van der Waals surface area contributed by atoms with E-state index in [4.69, 9.17) is 0 Å². The van der Waals surface area contributed by atoms with Gasteiger partial charge in [-0.2, -0.15) is 0 Å². The Morgan fingerprint density at radius 3 is 2.78 bits per heavy atom. The van der Waals surface area contributed by atoms with E-state index in [1.54, 1.807) is 0 Å². The molecule has 140 valence electrons. The summed E-state index contributed by atoms with van der Waals surface area (Å²) in [6.07, 6.45) is 4.26. The molecule has 11 heteroatoms. The van der Waals surface area contributed by atoms with Crippen LogP contribution in [0.3, 0.4) is 0 Å². The fraction of sp³-hybridized carbons (Fsp3) is 0.250. The quantitative estimate of drug-likeness (QED) is 0.649. The molecule has 0 radical (unpaired) electrons. The number of halogens is 2. The van der Waals surface area contributed by atoms with E-state index in [1.807, 2.05) is 0 Å². The average molecular weight is 410 g/mol. The molecule has 2 heterocycles. The van der Waals surface area contributed by atoms with Crippen LogP contribution in [0.1, 0.15) is 23.2 Å². The molecule has 0 unspecified atom stereocenters. The number of carbonyl (C=O) groups is 1. The second-order valence-electron chi connectivity index (χ2n) is 6.15. The molecule has 0 saturated heterocycles. The number of thiazole rings is 1. The third-order valence-electron chi connectivity index (χ3n) is 4.06. The highest BCUT2D eigenvalue weighted by molar-refractivity contribution is 7.91. The van der Waals surface area contributed by atoms with Crippen LogP contribution in [0.15, 0.2) is 29.6 Å². The average Bonchev–Trinajstić information content (AvgIpc) is 3.30. The minimum Gasteiger partial charge on any atom is -0.298 e. The van der Waals surface area contributed by atoms with Crippen molar-refractivity contribution in [2.24, 2.45) is 5.92 Å². The zero-order chi connectivity index (χ0) is 19.2. The van der Waals surface area contributed by atoms with Crippen LogP contribution in [0, 0.1) is 17.6 Å². The van der Waals surface area contributed by atoms with Crippen LogP contribution in [-0.2, 0) is 9.84 Å². The van der Waals surface area contributed by atoms with E-state index in [-0.39, 0.29) is 16.8 Å². The van der Waals surface area contributed by atoms with Gasteiger partial charge in [0.05, 0.1) is 11.9 Å². The summed E-state index contributed by atoms with van der Waals surface area (Å²) in [5.74, 6) is -3.90. The smallest absolute Gasteiger partial charge is 0.263 e. The number of benzene rings is 1. The van der Waals surface area contributed by atoms with Gasteiger partial charge in [0.2, 0.25) is 0 Å². The van der Waals surface area contributed by atoms with Crippen LogP contribution in [-0.4, -0.2) is 35.0 Å². The van der Waals surface area contributed by atoms with Crippen molar-refractivity contribution in [2.75, 3.05) is 11.1 Å². The summed E-state index contributed by atoms with van der Waals surface area (Å²) in [6.45, 7) is 0. The zero-order valence-electron chi connectivity index (χ0n) is 13.6. The molecule has 3 aromatic rings. The second-order valence-corrected chi connectivity index (χ2v) is 9.13. The predicted octanol–water partition coefficient (Wildman–Crippen LogP) is 2.80. The molecular weight excluding hydrogens is 398 g/mol. The summed E-state index contributed by atoms with van der Waals surface area (Å²) in [7, 11) is -3.95. The van der Waals surface area contributed by atoms with Crippen molar-refractivity contribution in [1.29, 1.82) is 0 Å². The molecule has 1 amide bonds. The number of hydrogen-bond acceptors (Lipinski definition) is 7. The van der Waals surface area contributed by atoms with E-state index in [2.05, 4.69) is 20.3 Å². The highest BCUT2D eigenvalue weighted by Crippen LogP contribution is 2.33. The van der Waals surface area contributed by atoms with Crippen molar-refractivity contribution in [3.63, 3.8) is 0 Å². The fourth-order valence-corrected chi connectivity index (χ4v) is 5.13. The molecule has 0 atom stereocenters. The predicted molar refractivity (Wildman–Crippen MR) is 94.3 cm³/mol. The van der Waals surface area contributed by atoms with Crippen LogP contribution < -0.4 is 5.32 Å². The Labute approximate surface area is 156 Å². The van der Waals surface area contributed by atoms with Gasteiger partial charge in [-0.25, -0.2) is 32.2 Å². The van der Waals surface area contributed by atoms with Crippen molar-refractivity contribution in [1.82, 2.24) is 15.0 Å². The molecule has 1 saturated carbocycles. The lowest BCUT2D eigenvalue weighted by Gasteiger charge is -2.10. The molecular formula is C16H12F2N4O3S2. The van der Waals surface area contributed by atoms with Gasteiger partial charge >= 0.3 is 0 Å². The van der Waals surface area contributed by atoms with Crippen LogP contribution in [0.5, 0.6) is 0 Å². The minimum absolute atomic E-state index is 0.0133. The van der Waals surface area contributed by atoms with Crippen LogP contribution in [0.25, 0.3) is 10.3 Å². The summed E-state index contributed by atoms with van der Waals surface area (Å²) in [5, 5.41) is 2.36. The van der Waals surface area contributed by atoms with Crippen molar-refractivity contribution < 1.29 is 22.0 Å². The first-order valence-electron chi connectivity index (χ1n) is 7.94. The number of anilines is 1. The Kier molecular flexibility index (Phi) is 4.35. The maximum Gasteiger partial charge on any atom is 0.263 e. The lowest BCUT2D eigenvalue weighted by molar-refractivity contribution is 0.101. The third kappa shape index (κ3) is 3.52. The molecule has 4 rings (SSSR count). The molecule has 0 bridgehead atoms. The number of hydrogen-bond donors (Lipinski definition) is 1. The van der Waals surface area contributed by atoms with Gasteiger partial charge in [-0.05, 0) is 30.9 Å². The number of carbonyl (C=O) groups excluding carboxylic acids is 1. The van der Waals surface area contributed by atoms with Gasteiger partial charge in [0.15, 0.2) is 20.8 Å². The molecule has 7 nitrogen and oxygen atoms in total. The number of aromatic nitrogens is 3. The molecule has 1 aliphatic carbocycles. The van der Waals surface area contributed by atoms with Crippen molar-refractivity contribution in [3.8, 4) is 0 Å². The molecule has 2 aromatic heterocycles. The van der Waals surface area contributed by atoms with Gasteiger partial charge in [-0.15, -0.1) is 0 Å². The first-order chi connectivity index (χ1) is 12.8. The van der Waals surface area contributed by atoms with Crippen LogP contribution in [0.4, 0.5) is 13.9 Å². The number of nitrogens with one attached hydrogen (secondary N) is 1. The van der Waals surface area contributed by atoms with Gasteiger partial charge < -0.3 is 0 Å². The zero-order valence-corrected chi connectivity index (χ0v) is 15.3. The van der Waals surface area contributed by atoms with E-state index in [0.29, 0.717) is 10.3 Å². The number of rotatable bonds is 5. The van der Waals surface area contributed by atoms with E-state index in [0.717, 1.165) is 36.3 Å². The number of amides is 1. The van der Waals surface area contributed by atoms with Crippen molar-refractivity contribution in [2.45, 2.75) is 17.7 Å². The molecule has 1 aliphatic rings. The monoisotopic (exact) mass is 410 g/mol.